The minimum absolute atomic E-state index is 0. The van der Waals surface area contributed by atoms with Gasteiger partial charge in [0.25, 0.3) is 0 Å². The molecule has 1 atom stereocenters. The van der Waals surface area contributed by atoms with E-state index < -0.39 is 0 Å². The van der Waals surface area contributed by atoms with Crippen molar-refractivity contribution in [2.45, 2.75) is 32.9 Å². The Kier molecular flexibility index (Phi) is 9.23. The zero-order valence-corrected chi connectivity index (χ0v) is 16.5. The summed E-state index contributed by atoms with van der Waals surface area (Å²) in [6.07, 6.45) is 3.27. The normalized spacial score (nSPS) is 18.3. The third-order valence-electron chi connectivity index (χ3n) is 3.60. The van der Waals surface area contributed by atoms with Crippen molar-refractivity contribution in [1.29, 1.82) is 0 Å². The Bertz CT molecular complexity index is 480. The Morgan fingerprint density at radius 3 is 2.87 bits per heavy atom. The average Bonchev–Trinajstić information content (AvgIpc) is 2.55. The number of nitrogens with zero attached hydrogens (tertiary/aromatic N) is 3. The minimum Gasteiger partial charge on any atom is -0.375 e. The van der Waals surface area contributed by atoms with E-state index in [1.54, 1.807) is 7.05 Å². The van der Waals surface area contributed by atoms with E-state index in [2.05, 4.69) is 51.5 Å². The number of rotatable bonds is 5. The van der Waals surface area contributed by atoms with Gasteiger partial charge in [0.05, 0.1) is 12.7 Å². The Balaban J connectivity index is 0.00000264. The number of nitrogens with one attached hydrogen (secondary N) is 2. The molecule has 1 unspecified atom stereocenters. The molecule has 0 aromatic carbocycles. The second-order valence-electron chi connectivity index (χ2n) is 5.50. The van der Waals surface area contributed by atoms with Crippen molar-refractivity contribution < 1.29 is 4.74 Å². The lowest BCUT2D eigenvalue weighted by atomic mass is 10.2. The molecule has 130 valence electrons. The molecule has 1 aromatic rings. The van der Waals surface area contributed by atoms with E-state index in [9.17, 15) is 0 Å². The number of aromatic nitrogens is 1. The monoisotopic (exact) mass is 433 g/mol. The van der Waals surface area contributed by atoms with Gasteiger partial charge >= 0.3 is 0 Å². The Morgan fingerprint density at radius 1 is 1.43 bits per heavy atom. The first-order chi connectivity index (χ1) is 10.7. The molecule has 0 saturated carbocycles. The summed E-state index contributed by atoms with van der Waals surface area (Å²) >= 11 is 0. The highest BCUT2D eigenvalue weighted by molar-refractivity contribution is 14.0. The molecule has 23 heavy (non-hydrogen) atoms. The molecule has 1 aromatic heterocycles. The van der Waals surface area contributed by atoms with E-state index in [-0.39, 0.29) is 30.1 Å². The van der Waals surface area contributed by atoms with Crippen LogP contribution in [0.15, 0.2) is 23.3 Å². The fourth-order valence-corrected chi connectivity index (χ4v) is 2.38. The van der Waals surface area contributed by atoms with Gasteiger partial charge < -0.3 is 20.3 Å². The minimum atomic E-state index is 0. The number of anilines is 1. The molecule has 2 heterocycles. The Morgan fingerprint density at radius 2 is 2.26 bits per heavy atom. The first-order valence-electron chi connectivity index (χ1n) is 7.99. The molecular formula is C16H28IN5O. The quantitative estimate of drug-likeness (QED) is 0.423. The van der Waals surface area contributed by atoms with Crippen molar-refractivity contribution in [1.82, 2.24) is 15.6 Å². The molecule has 1 aliphatic rings. The maximum atomic E-state index is 5.56. The Hall–Kier alpha value is -1.09. The highest BCUT2D eigenvalue weighted by Gasteiger charge is 2.17. The van der Waals surface area contributed by atoms with Gasteiger partial charge in [-0.05, 0) is 25.0 Å². The third kappa shape index (κ3) is 6.50. The molecule has 2 rings (SSSR count). The van der Waals surface area contributed by atoms with Gasteiger partial charge in [0.1, 0.15) is 5.82 Å². The van der Waals surface area contributed by atoms with Crippen LogP contribution in [0.4, 0.5) is 5.82 Å². The van der Waals surface area contributed by atoms with Crippen LogP contribution in [0.1, 0.15) is 25.8 Å². The molecule has 1 fully saturated rings. The van der Waals surface area contributed by atoms with Crippen LogP contribution in [-0.4, -0.2) is 50.3 Å². The predicted octanol–water partition coefficient (Wildman–Crippen LogP) is 2.00. The highest BCUT2D eigenvalue weighted by atomic mass is 127. The van der Waals surface area contributed by atoms with Crippen molar-refractivity contribution in [2.24, 2.45) is 4.99 Å². The lowest BCUT2D eigenvalue weighted by Crippen LogP contribution is -2.41. The zero-order valence-electron chi connectivity index (χ0n) is 14.2. The molecule has 6 nitrogen and oxygen atoms in total. The van der Waals surface area contributed by atoms with Crippen molar-refractivity contribution in [3.8, 4) is 0 Å². The summed E-state index contributed by atoms with van der Waals surface area (Å²) in [5, 5.41) is 6.55. The van der Waals surface area contributed by atoms with Crippen LogP contribution < -0.4 is 15.5 Å². The summed E-state index contributed by atoms with van der Waals surface area (Å²) < 4.78 is 5.56. The van der Waals surface area contributed by atoms with Crippen LogP contribution in [0.2, 0.25) is 0 Å². The van der Waals surface area contributed by atoms with Gasteiger partial charge in [-0.15, -0.1) is 24.0 Å². The largest absolute Gasteiger partial charge is 0.375 e. The van der Waals surface area contributed by atoms with E-state index in [0.29, 0.717) is 0 Å². The number of halogens is 1. The number of guanidine groups is 1. The first-order valence-corrected chi connectivity index (χ1v) is 7.99. The smallest absolute Gasteiger partial charge is 0.191 e. The number of aliphatic imine (C=N–C) groups is 1. The van der Waals surface area contributed by atoms with Gasteiger partial charge in [0, 0.05) is 39.4 Å². The molecular weight excluding hydrogens is 405 g/mol. The van der Waals surface area contributed by atoms with Crippen LogP contribution in [0, 0.1) is 0 Å². The molecule has 7 heteroatoms. The van der Waals surface area contributed by atoms with Gasteiger partial charge in [-0.3, -0.25) is 4.99 Å². The van der Waals surface area contributed by atoms with Crippen LogP contribution in [-0.2, 0) is 11.3 Å². The van der Waals surface area contributed by atoms with Crippen LogP contribution in [0.3, 0.4) is 0 Å². The molecule has 0 radical (unpaired) electrons. The number of hydrogen-bond donors (Lipinski definition) is 2. The standard InChI is InChI=1S/C16H27N5O.HI/c1-4-7-18-16(17-3)20-11-14-5-6-15(19-10-14)21-8-9-22-13(2)12-21;/h5-6,10,13H,4,7-9,11-12H2,1-3H3,(H2,17,18,20);1H. The van der Waals surface area contributed by atoms with Gasteiger partial charge in [-0.2, -0.15) is 0 Å². The molecule has 0 spiro atoms. The summed E-state index contributed by atoms with van der Waals surface area (Å²) in [6, 6.07) is 4.19. The van der Waals surface area contributed by atoms with E-state index in [1.807, 2.05) is 6.20 Å². The topological polar surface area (TPSA) is 61.8 Å². The summed E-state index contributed by atoms with van der Waals surface area (Å²) in [5.74, 6) is 1.85. The molecule has 0 amide bonds. The fourth-order valence-electron chi connectivity index (χ4n) is 2.38. The van der Waals surface area contributed by atoms with E-state index >= 15 is 0 Å². The molecule has 1 aliphatic heterocycles. The van der Waals surface area contributed by atoms with Crippen molar-refractivity contribution in [2.75, 3.05) is 38.2 Å². The number of ether oxygens (including phenoxy) is 1. The molecule has 0 bridgehead atoms. The van der Waals surface area contributed by atoms with Crippen molar-refractivity contribution in [3.63, 3.8) is 0 Å². The average molecular weight is 433 g/mol. The maximum Gasteiger partial charge on any atom is 0.191 e. The maximum absolute atomic E-state index is 5.56. The molecule has 0 aliphatic carbocycles. The summed E-state index contributed by atoms with van der Waals surface area (Å²) in [4.78, 5) is 11.0. The number of pyridine rings is 1. The third-order valence-corrected chi connectivity index (χ3v) is 3.60. The van der Waals surface area contributed by atoms with Gasteiger partial charge in [0.2, 0.25) is 0 Å². The van der Waals surface area contributed by atoms with E-state index in [4.69, 9.17) is 4.74 Å². The summed E-state index contributed by atoms with van der Waals surface area (Å²) in [5.41, 5.74) is 1.14. The zero-order chi connectivity index (χ0) is 15.8. The second-order valence-corrected chi connectivity index (χ2v) is 5.50. The second kappa shape index (κ2) is 10.6. The first kappa shape index (κ1) is 20.0. The van der Waals surface area contributed by atoms with Gasteiger partial charge in [0.15, 0.2) is 5.96 Å². The van der Waals surface area contributed by atoms with Crippen molar-refractivity contribution in [3.05, 3.63) is 23.9 Å². The highest BCUT2D eigenvalue weighted by Crippen LogP contribution is 2.15. The van der Waals surface area contributed by atoms with E-state index in [0.717, 1.165) is 56.5 Å². The van der Waals surface area contributed by atoms with Gasteiger partial charge in [-0.25, -0.2) is 4.98 Å². The van der Waals surface area contributed by atoms with Crippen LogP contribution in [0.25, 0.3) is 0 Å². The summed E-state index contributed by atoms with van der Waals surface area (Å²) in [6.45, 7) is 8.45. The Labute approximate surface area is 156 Å². The number of hydrogen-bond acceptors (Lipinski definition) is 4. The molecule has 1 saturated heterocycles. The lowest BCUT2D eigenvalue weighted by molar-refractivity contribution is 0.0529. The molecule has 2 N–H and O–H groups in total. The predicted molar refractivity (Wildman–Crippen MR) is 106 cm³/mol. The SMILES string of the molecule is CCCNC(=NC)NCc1ccc(N2CCOC(C)C2)nc1.I. The van der Waals surface area contributed by atoms with Crippen LogP contribution in [0.5, 0.6) is 0 Å². The lowest BCUT2D eigenvalue weighted by Gasteiger charge is -2.32. The number of morpholine rings is 1. The summed E-state index contributed by atoms with van der Waals surface area (Å²) in [7, 11) is 1.78. The van der Waals surface area contributed by atoms with E-state index in [1.165, 1.54) is 0 Å². The van der Waals surface area contributed by atoms with Crippen molar-refractivity contribution >= 4 is 35.8 Å². The fraction of sp³-hybridized carbons (Fsp3) is 0.625. The van der Waals surface area contributed by atoms with Gasteiger partial charge in [-0.1, -0.05) is 13.0 Å². The van der Waals surface area contributed by atoms with Crippen LogP contribution >= 0.6 is 24.0 Å².